The van der Waals surface area contributed by atoms with Crippen molar-refractivity contribution < 1.29 is 19.0 Å². The molecule has 0 saturated heterocycles. The maximum atomic E-state index is 12.9. The Morgan fingerprint density at radius 1 is 1.10 bits per heavy atom. The van der Waals surface area contributed by atoms with Gasteiger partial charge in [0.25, 0.3) is 0 Å². The fourth-order valence-corrected chi connectivity index (χ4v) is 4.03. The van der Waals surface area contributed by atoms with Crippen LogP contribution < -0.4 is 19.7 Å². The van der Waals surface area contributed by atoms with Crippen molar-refractivity contribution in [2.75, 3.05) is 26.2 Å². The first kappa shape index (κ1) is 21.6. The Morgan fingerprint density at radius 3 is 2.43 bits per heavy atom. The lowest BCUT2D eigenvalue weighted by Gasteiger charge is -2.38. The average Bonchev–Trinajstić information content (AvgIpc) is 2.77. The smallest absolute Gasteiger partial charge is 0.337 e. The Bertz CT molecular complexity index is 1000. The number of benzene rings is 2. The predicted molar refractivity (Wildman–Crippen MR) is 121 cm³/mol. The van der Waals surface area contributed by atoms with Crippen LogP contribution in [0.15, 0.2) is 53.7 Å². The number of methoxy groups -OCH3 is 3. The summed E-state index contributed by atoms with van der Waals surface area (Å²) in [7, 11) is 4.56. The highest BCUT2D eigenvalue weighted by Gasteiger charge is 2.36. The van der Waals surface area contributed by atoms with Crippen molar-refractivity contribution in [2.24, 2.45) is 0 Å². The van der Waals surface area contributed by atoms with Gasteiger partial charge in [0.2, 0.25) is 0 Å². The second-order valence-electron chi connectivity index (χ2n) is 6.88. The molecule has 158 valence electrons. The molecule has 1 aliphatic heterocycles. The molecule has 3 rings (SSSR count). The third kappa shape index (κ3) is 3.98. The highest BCUT2D eigenvalue weighted by Crippen LogP contribution is 2.38. The van der Waals surface area contributed by atoms with Gasteiger partial charge in [-0.15, -0.1) is 0 Å². The van der Waals surface area contributed by atoms with E-state index in [2.05, 4.69) is 5.32 Å². The Balaban J connectivity index is 2.19. The number of anilines is 1. The molecule has 0 radical (unpaired) electrons. The second kappa shape index (κ2) is 9.17. The van der Waals surface area contributed by atoms with E-state index in [-0.39, 0.29) is 5.97 Å². The molecule has 0 aromatic heterocycles. The maximum Gasteiger partial charge on any atom is 0.337 e. The van der Waals surface area contributed by atoms with Crippen molar-refractivity contribution in [1.29, 1.82) is 0 Å². The van der Waals surface area contributed by atoms with Crippen LogP contribution in [0.5, 0.6) is 11.5 Å². The summed E-state index contributed by atoms with van der Waals surface area (Å²) in [6.07, 6.45) is 0.586. The summed E-state index contributed by atoms with van der Waals surface area (Å²) < 4.78 is 15.9. The minimum Gasteiger partial charge on any atom is -0.493 e. The van der Waals surface area contributed by atoms with Gasteiger partial charge < -0.3 is 19.5 Å². The van der Waals surface area contributed by atoms with E-state index in [1.807, 2.05) is 61.2 Å². The Hall–Kier alpha value is -3.06. The standard InChI is InChI=1S/C23H26N2O4S/c1-6-17-20(22(26)29-5)21(15-9-7-8-14(2)12-15)24-23(30)25(17)16-10-11-18(27-3)19(13-16)28-4/h7-13,21H,6H2,1-5H3,(H,24,30)/t21-/m1/s1. The van der Waals surface area contributed by atoms with Crippen molar-refractivity contribution in [1.82, 2.24) is 5.32 Å². The number of allylic oxidation sites excluding steroid dienone is 1. The number of carbonyl (C=O) groups is 1. The molecular formula is C23H26N2O4S. The summed E-state index contributed by atoms with van der Waals surface area (Å²) >= 11 is 5.74. The Morgan fingerprint density at radius 2 is 1.83 bits per heavy atom. The first-order valence-corrected chi connectivity index (χ1v) is 10.1. The van der Waals surface area contributed by atoms with Gasteiger partial charge >= 0.3 is 5.97 Å². The molecule has 1 N–H and O–H groups in total. The number of hydrogen-bond donors (Lipinski definition) is 1. The summed E-state index contributed by atoms with van der Waals surface area (Å²) in [5.41, 5.74) is 4.14. The first-order valence-electron chi connectivity index (χ1n) is 9.65. The summed E-state index contributed by atoms with van der Waals surface area (Å²) in [4.78, 5) is 14.7. The molecule has 0 aliphatic carbocycles. The molecule has 0 fully saturated rings. The number of nitrogens with one attached hydrogen (secondary N) is 1. The van der Waals surface area contributed by atoms with Crippen molar-refractivity contribution in [3.05, 3.63) is 64.9 Å². The highest BCUT2D eigenvalue weighted by atomic mass is 32.1. The molecular weight excluding hydrogens is 400 g/mol. The number of nitrogens with zero attached hydrogens (tertiary/aromatic N) is 1. The zero-order valence-corrected chi connectivity index (χ0v) is 18.6. The molecule has 7 heteroatoms. The molecule has 0 unspecified atom stereocenters. The van der Waals surface area contributed by atoms with Gasteiger partial charge in [-0.05, 0) is 43.3 Å². The van der Waals surface area contributed by atoms with E-state index in [1.54, 1.807) is 14.2 Å². The van der Waals surface area contributed by atoms with E-state index in [4.69, 9.17) is 26.4 Å². The van der Waals surface area contributed by atoms with Crippen LogP contribution in [0.25, 0.3) is 0 Å². The van der Waals surface area contributed by atoms with Crippen LogP contribution in [0.1, 0.15) is 30.5 Å². The largest absolute Gasteiger partial charge is 0.493 e. The van der Waals surface area contributed by atoms with Crippen molar-refractivity contribution in [2.45, 2.75) is 26.3 Å². The highest BCUT2D eigenvalue weighted by molar-refractivity contribution is 7.80. The molecule has 0 saturated carbocycles. The minimum absolute atomic E-state index is 0.390. The summed E-state index contributed by atoms with van der Waals surface area (Å²) in [5, 5.41) is 3.83. The van der Waals surface area contributed by atoms with Crippen LogP contribution in [0.3, 0.4) is 0 Å². The molecule has 0 amide bonds. The van der Waals surface area contributed by atoms with E-state index in [1.165, 1.54) is 7.11 Å². The number of carbonyl (C=O) groups excluding carboxylic acids is 1. The van der Waals surface area contributed by atoms with E-state index in [0.29, 0.717) is 28.6 Å². The van der Waals surface area contributed by atoms with Crippen LogP contribution in [0.2, 0.25) is 0 Å². The molecule has 0 bridgehead atoms. The lowest BCUT2D eigenvalue weighted by Crippen LogP contribution is -2.48. The number of esters is 1. The zero-order chi connectivity index (χ0) is 21.8. The number of hydrogen-bond acceptors (Lipinski definition) is 5. The van der Waals surface area contributed by atoms with Crippen LogP contribution >= 0.6 is 12.2 Å². The summed E-state index contributed by atoms with van der Waals surface area (Å²) in [6, 6.07) is 13.2. The third-order valence-corrected chi connectivity index (χ3v) is 5.38. The second-order valence-corrected chi connectivity index (χ2v) is 7.26. The number of ether oxygens (including phenoxy) is 3. The minimum atomic E-state index is -0.392. The average molecular weight is 427 g/mol. The predicted octanol–water partition coefficient (Wildman–Crippen LogP) is 4.29. The monoisotopic (exact) mass is 426 g/mol. The lowest BCUT2D eigenvalue weighted by atomic mass is 9.92. The van der Waals surface area contributed by atoms with Crippen LogP contribution in [-0.2, 0) is 9.53 Å². The molecule has 6 nitrogen and oxygen atoms in total. The first-order chi connectivity index (χ1) is 14.4. The topological polar surface area (TPSA) is 60.0 Å². The van der Waals surface area contributed by atoms with Gasteiger partial charge in [-0.1, -0.05) is 36.8 Å². The van der Waals surface area contributed by atoms with Gasteiger partial charge in [0.05, 0.1) is 38.6 Å². The SMILES string of the molecule is CCC1=C(C(=O)OC)[C@@H](c2cccc(C)c2)NC(=S)N1c1ccc(OC)c(OC)c1. The van der Waals surface area contributed by atoms with Crippen molar-refractivity contribution in [3.63, 3.8) is 0 Å². The number of thiocarbonyl (C=S) groups is 1. The normalized spacial score (nSPS) is 16.2. The third-order valence-electron chi connectivity index (χ3n) is 5.08. The van der Waals surface area contributed by atoms with E-state index < -0.39 is 6.04 Å². The molecule has 2 aromatic rings. The molecule has 30 heavy (non-hydrogen) atoms. The Kier molecular flexibility index (Phi) is 6.62. The van der Waals surface area contributed by atoms with Crippen LogP contribution in [0.4, 0.5) is 5.69 Å². The van der Waals surface area contributed by atoms with E-state index >= 15 is 0 Å². The molecule has 1 atom stereocenters. The van der Waals surface area contributed by atoms with Gasteiger partial charge in [0.1, 0.15) is 0 Å². The fourth-order valence-electron chi connectivity index (χ4n) is 3.70. The van der Waals surface area contributed by atoms with E-state index in [0.717, 1.165) is 22.5 Å². The number of aryl methyl sites for hydroxylation is 1. The van der Waals surface area contributed by atoms with Gasteiger partial charge in [0.15, 0.2) is 16.6 Å². The summed E-state index contributed by atoms with van der Waals surface area (Å²) in [5.74, 6) is 0.803. The van der Waals surface area contributed by atoms with Crippen molar-refractivity contribution >= 4 is 29.0 Å². The molecule has 1 heterocycles. The van der Waals surface area contributed by atoms with Crippen molar-refractivity contribution in [3.8, 4) is 11.5 Å². The Labute approximate surface area is 182 Å². The van der Waals surface area contributed by atoms with Gasteiger partial charge in [0, 0.05) is 11.8 Å². The maximum absolute atomic E-state index is 12.9. The zero-order valence-electron chi connectivity index (χ0n) is 17.8. The van der Waals surface area contributed by atoms with Crippen LogP contribution in [0, 0.1) is 6.92 Å². The van der Waals surface area contributed by atoms with Gasteiger partial charge in [-0.2, -0.15) is 0 Å². The summed E-state index contributed by atoms with van der Waals surface area (Å²) in [6.45, 7) is 4.01. The lowest BCUT2D eigenvalue weighted by molar-refractivity contribution is -0.136. The van der Waals surface area contributed by atoms with Gasteiger partial charge in [-0.3, -0.25) is 4.90 Å². The van der Waals surface area contributed by atoms with E-state index in [9.17, 15) is 4.79 Å². The fraction of sp³-hybridized carbons (Fsp3) is 0.304. The molecule has 0 spiro atoms. The number of rotatable bonds is 6. The van der Waals surface area contributed by atoms with Gasteiger partial charge in [-0.25, -0.2) is 4.79 Å². The quantitative estimate of drug-likeness (QED) is 0.546. The molecule has 1 aliphatic rings. The molecule has 2 aromatic carbocycles. The van der Waals surface area contributed by atoms with Crippen LogP contribution in [-0.4, -0.2) is 32.4 Å².